The molecule has 1 aromatic heterocycles. The van der Waals surface area contributed by atoms with Crippen LogP contribution in [-0.2, 0) is 22.6 Å². The molecule has 28 heavy (non-hydrogen) atoms. The fourth-order valence-corrected chi connectivity index (χ4v) is 3.22. The van der Waals surface area contributed by atoms with Crippen molar-refractivity contribution < 1.29 is 14.3 Å². The zero-order valence-electron chi connectivity index (χ0n) is 16.5. The molecule has 0 spiro atoms. The number of pyridine rings is 1. The molecule has 1 fully saturated rings. The number of anilines is 1. The number of carbonyl (C=O) groups excluding carboxylic acids is 1. The minimum absolute atomic E-state index is 0.122. The van der Waals surface area contributed by atoms with Crippen LogP contribution in [0.5, 0.6) is 0 Å². The third kappa shape index (κ3) is 4.99. The van der Waals surface area contributed by atoms with Crippen LogP contribution in [0.1, 0.15) is 15.9 Å². The molecule has 1 aliphatic heterocycles. The molecule has 3 rings (SSSR count). The molecule has 1 amide bonds. The van der Waals surface area contributed by atoms with Gasteiger partial charge in [0.25, 0.3) is 11.5 Å². The van der Waals surface area contributed by atoms with Crippen molar-refractivity contribution in [2.24, 2.45) is 0 Å². The van der Waals surface area contributed by atoms with Crippen LogP contribution in [0.4, 0.5) is 5.69 Å². The van der Waals surface area contributed by atoms with Gasteiger partial charge in [-0.05, 0) is 23.8 Å². The van der Waals surface area contributed by atoms with Gasteiger partial charge in [0.2, 0.25) is 0 Å². The number of hydrogen-bond donors (Lipinski definition) is 0. The highest BCUT2D eigenvalue weighted by atomic mass is 16.5. The Kier molecular flexibility index (Phi) is 6.84. The minimum atomic E-state index is -0.144. The van der Waals surface area contributed by atoms with Gasteiger partial charge < -0.3 is 23.8 Å². The fourth-order valence-electron chi connectivity index (χ4n) is 3.22. The first-order chi connectivity index (χ1) is 13.6. The number of benzene rings is 1. The maximum absolute atomic E-state index is 12.8. The summed E-state index contributed by atoms with van der Waals surface area (Å²) in [6, 6.07) is 11.3. The van der Waals surface area contributed by atoms with Crippen LogP contribution in [0.25, 0.3) is 0 Å². The molecule has 2 aromatic rings. The Morgan fingerprint density at radius 3 is 2.54 bits per heavy atom. The molecule has 7 nitrogen and oxygen atoms in total. The monoisotopic (exact) mass is 385 g/mol. The number of morpholine rings is 1. The van der Waals surface area contributed by atoms with E-state index in [1.807, 2.05) is 12.1 Å². The number of methoxy groups -OCH3 is 1. The summed E-state index contributed by atoms with van der Waals surface area (Å²) in [5.41, 5.74) is 2.57. The van der Waals surface area contributed by atoms with Gasteiger partial charge in [0.05, 0.1) is 25.4 Å². The Labute approximate surface area is 165 Å². The summed E-state index contributed by atoms with van der Waals surface area (Å²) in [6.45, 7) is 4.65. The number of amides is 1. The molecule has 1 saturated heterocycles. The van der Waals surface area contributed by atoms with E-state index in [-0.39, 0.29) is 11.5 Å². The van der Waals surface area contributed by atoms with Crippen LogP contribution in [-0.4, -0.2) is 62.4 Å². The number of ether oxygens (including phenoxy) is 2. The third-order valence-corrected chi connectivity index (χ3v) is 4.85. The first kappa shape index (κ1) is 20.1. The van der Waals surface area contributed by atoms with E-state index in [2.05, 4.69) is 17.0 Å². The van der Waals surface area contributed by atoms with Crippen LogP contribution in [0.15, 0.2) is 47.4 Å². The highest BCUT2D eigenvalue weighted by Gasteiger charge is 2.15. The lowest BCUT2D eigenvalue weighted by atomic mass is 10.1. The van der Waals surface area contributed by atoms with Crippen molar-refractivity contribution in [3.05, 3.63) is 64.1 Å². The summed E-state index contributed by atoms with van der Waals surface area (Å²) in [7, 11) is 3.35. The van der Waals surface area contributed by atoms with Gasteiger partial charge in [-0.15, -0.1) is 0 Å². The fraction of sp³-hybridized carbons (Fsp3) is 0.429. The molecule has 0 radical (unpaired) electrons. The van der Waals surface area contributed by atoms with Gasteiger partial charge >= 0.3 is 0 Å². The van der Waals surface area contributed by atoms with E-state index in [4.69, 9.17) is 9.47 Å². The second kappa shape index (κ2) is 9.52. The Morgan fingerprint density at radius 1 is 1.14 bits per heavy atom. The molecule has 0 N–H and O–H groups in total. The summed E-state index contributed by atoms with van der Waals surface area (Å²) < 4.78 is 11.9. The van der Waals surface area contributed by atoms with Crippen LogP contribution >= 0.6 is 0 Å². The highest BCUT2D eigenvalue weighted by molar-refractivity contribution is 5.93. The Morgan fingerprint density at radius 2 is 1.86 bits per heavy atom. The van der Waals surface area contributed by atoms with Crippen molar-refractivity contribution in [1.29, 1.82) is 0 Å². The van der Waals surface area contributed by atoms with Crippen molar-refractivity contribution in [3.8, 4) is 0 Å². The normalized spacial score (nSPS) is 14.1. The average Bonchev–Trinajstić information content (AvgIpc) is 2.74. The topological polar surface area (TPSA) is 64.0 Å². The maximum atomic E-state index is 12.8. The van der Waals surface area contributed by atoms with Crippen molar-refractivity contribution in [2.45, 2.75) is 13.1 Å². The Bertz CT molecular complexity index is 841. The van der Waals surface area contributed by atoms with Crippen LogP contribution in [0, 0.1) is 0 Å². The van der Waals surface area contributed by atoms with E-state index in [1.165, 1.54) is 16.3 Å². The predicted molar refractivity (Wildman–Crippen MR) is 108 cm³/mol. The summed E-state index contributed by atoms with van der Waals surface area (Å²) in [5.74, 6) is -0.122. The van der Waals surface area contributed by atoms with Crippen LogP contribution < -0.4 is 10.5 Å². The largest absolute Gasteiger partial charge is 0.383 e. The average molecular weight is 385 g/mol. The van der Waals surface area contributed by atoms with Gasteiger partial charge in [-0.1, -0.05) is 12.1 Å². The van der Waals surface area contributed by atoms with Crippen LogP contribution in [0.2, 0.25) is 0 Å². The highest BCUT2D eigenvalue weighted by Crippen LogP contribution is 2.17. The van der Waals surface area contributed by atoms with Crippen LogP contribution in [0.3, 0.4) is 0 Å². The molecule has 150 valence electrons. The van der Waals surface area contributed by atoms with Gasteiger partial charge in [0, 0.05) is 58.3 Å². The molecule has 0 aliphatic carbocycles. The molecule has 0 saturated carbocycles. The summed E-state index contributed by atoms with van der Waals surface area (Å²) in [4.78, 5) is 28.6. The summed E-state index contributed by atoms with van der Waals surface area (Å²) >= 11 is 0. The number of rotatable bonds is 7. The van der Waals surface area contributed by atoms with E-state index in [0.717, 1.165) is 31.9 Å². The lowest BCUT2D eigenvalue weighted by molar-refractivity contribution is 0.0783. The Hall–Kier alpha value is -2.64. The molecule has 7 heteroatoms. The molecule has 2 heterocycles. The molecule has 0 unspecified atom stereocenters. The van der Waals surface area contributed by atoms with Gasteiger partial charge in [-0.3, -0.25) is 9.59 Å². The minimum Gasteiger partial charge on any atom is -0.383 e. The molecular formula is C21H27N3O4. The molecule has 0 bridgehead atoms. The molecule has 1 aromatic carbocycles. The second-order valence-corrected chi connectivity index (χ2v) is 6.87. The lowest BCUT2D eigenvalue weighted by Gasteiger charge is -2.29. The van der Waals surface area contributed by atoms with Crippen molar-refractivity contribution in [3.63, 3.8) is 0 Å². The quantitative estimate of drug-likeness (QED) is 0.725. The predicted octanol–water partition coefficient (Wildman–Crippen LogP) is 1.60. The van der Waals surface area contributed by atoms with E-state index in [0.29, 0.717) is 25.3 Å². The zero-order valence-corrected chi connectivity index (χ0v) is 16.5. The number of hydrogen-bond acceptors (Lipinski definition) is 5. The van der Waals surface area contributed by atoms with Gasteiger partial charge in [-0.25, -0.2) is 0 Å². The van der Waals surface area contributed by atoms with Crippen molar-refractivity contribution in [1.82, 2.24) is 9.47 Å². The number of nitrogens with zero attached hydrogens (tertiary/aromatic N) is 3. The van der Waals surface area contributed by atoms with Crippen molar-refractivity contribution in [2.75, 3.05) is 52.0 Å². The maximum Gasteiger partial charge on any atom is 0.255 e. The van der Waals surface area contributed by atoms with Gasteiger partial charge in [-0.2, -0.15) is 0 Å². The standard InChI is InChI=1S/C21H27N3O4/c1-22(21(26)18-5-8-20(25)24(16-18)9-12-27-2)15-17-3-6-19(7-4-17)23-10-13-28-14-11-23/h3-8,16H,9-15H2,1-2H3. The molecule has 0 atom stereocenters. The van der Waals surface area contributed by atoms with Crippen molar-refractivity contribution >= 4 is 11.6 Å². The first-order valence-corrected chi connectivity index (χ1v) is 9.45. The number of aromatic nitrogens is 1. The zero-order chi connectivity index (χ0) is 19.9. The SMILES string of the molecule is COCCn1cc(C(=O)N(C)Cc2ccc(N3CCOCC3)cc2)ccc1=O. The first-order valence-electron chi connectivity index (χ1n) is 9.45. The second-order valence-electron chi connectivity index (χ2n) is 6.87. The number of carbonyl (C=O) groups is 1. The van der Waals surface area contributed by atoms with Gasteiger partial charge in [0.1, 0.15) is 0 Å². The summed E-state index contributed by atoms with van der Waals surface area (Å²) in [6.07, 6.45) is 1.60. The van der Waals surface area contributed by atoms with E-state index in [1.54, 1.807) is 31.3 Å². The van der Waals surface area contributed by atoms with Gasteiger partial charge in [0.15, 0.2) is 0 Å². The smallest absolute Gasteiger partial charge is 0.255 e. The Balaban J connectivity index is 1.64. The van der Waals surface area contributed by atoms with E-state index in [9.17, 15) is 9.59 Å². The molecular weight excluding hydrogens is 358 g/mol. The van der Waals surface area contributed by atoms with E-state index >= 15 is 0 Å². The van der Waals surface area contributed by atoms with E-state index < -0.39 is 0 Å². The lowest BCUT2D eigenvalue weighted by Crippen LogP contribution is -2.36. The summed E-state index contributed by atoms with van der Waals surface area (Å²) in [5, 5.41) is 0. The third-order valence-electron chi connectivity index (χ3n) is 4.85. The molecule has 1 aliphatic rings.